The van der Waals surface area contributed by atoms with Gasteiger partial charge in [-0.15, -0.1) is 0 Å². The van der Waals surface area contributed by atoms with E-state index in [-0.39, 0.29) is 0 Å². The lowest BCUT2D eigenvalue weighted by molar-refractivity contribution is 0.0522. The van der Waals surface area contributed by atoms with Crippen LogP contribution in [0.4, 0.5) is 4.79 Å². The number of carbonyl (C=O) groups excluding carboxylic acids is 1. The van der Waals surface area contributed by atoms with E-state index in [9.17, 15) is 4.79 Å². The average molecular weight is 327 g/mol. The number of methoxy groups -OCH3 is 1. The van der Waals surface area contributed by atoms with Crippen molar-refractivity contribution < 1.29 is 14.3 Å². The number of ether oxygens (including phenoxy) is 2. The Morgan fingerprint density at radius 1 is 1.37 bits per heavy atom. The van der Waals surface area contributed by atoms with Crippen LogP contribution in [-0.2, 0) is 4.74 Å². The fourth-order valence-electron chi connectivity index (χ4n) is 1.71. The number of fused-ring (bicyclic) bond motifs is 1. The van der Waals surface area contributed by atoms with Crippen molar-refractivity contribution in [3.05, 3.63) is 22.8 Å². The monoisotopic (exact) mass is 326 g/mol. The zero-order valence-electron chi connectivity index (χ0n) is 11.2. The zero-order chi connectivity index (χ0) is 14.2. The topological polar surface area (TPSA) is 53.4 Å². The van der Waals surface area contributed by atoms with Gasteiger partial charge in [0.1, 0.15) is 16.0 Å². The van der Waals surface area contributed by atoms with Gasteiger partial charge in [-0.3, -0.25) is 0 Å². The number of hydrogen-bond donors (Lipinski definition) is 0. The minimum Gasteiger partial charge on any atom is -0.496 e. The summed E-state index contributed by atoms with van der Waals surface area (Å²) in [5.41, 5.74) is 0.0706. The van der Waals surface area contributed by atoms with E-state index in [1.54, 1.807) is 19.2 Å². The van der Waals surface area contributed by atoms with Crippen molar-refractivity contribution >= 4 is 32.9 Å². The second-order valence-electron chi connectivity index (χ2n) is 5.04. The lowest BCUT2D eigenvalue weighted by Crippen LogP contribution is -2.27. The maximum absolute atomic E-state index is 12.1. The molecule has 1 heterocycles. The second-order valence-corrected chi connectivity index (χ2v) is 5.79. The third kappa shape index (κ3) is 2.73. The first-order chi connectivity index (χ1) is 8.83. The van der Waals surface area contributed by atoms with Crippen molar-refractivity contribution in [1.29, 1.82) is 0 Å². The third-order valence-electron chi connectivity index (χ3n) is 2.41. The van der Waals surface area contributed by atoms with Crippen LogP contribution in [-0.4, -0.2) is 28.6 Å². The Kier molecular flexibility index (Phi) is 3.54. The highest BCUT2D eigenvalue weighted by Gasteiger charge is 2.22. The smallest absolute Gasteiger partial charge is 0.435 e. The summed E-state index contributed by atoms with van der Waals surface area (Å²) in [4.78, 5) is 12.1. The molecule has 0 saturated carbocycles. The van der Waals surface area contributed by atoms with Gasteiger partial charge in [0, 0.05) is 0 Å². The summed E-state index contributed by atoms with van der Waals surface area (Å²) >= 11 is 3.34. The van der Waals surface area contributed by atoms with Crippen molar-refractivity contribution in [3.63, 3.8) is 0 Å². The number of aromatic nitrogens is 2. The molecule has 0 bridgehead atoms. The largest absolute Gasteiger partial charge is 0.496 e. The number of rotatable bonds is 1. The van der Waals surface area contributed by atoms with E-state index in [0.29, 0.717) is 15.9 Å². The van der Waals surface area contributed by atoms with Crippen LogP contribution in [0.1, 0.15) is 20.8 Å². The van der Waals surface area contributed by atoms with Crippen molar-refractivity contribution in [2.24, 2.45) is 0 Å². The Morgan fingerprint density at radius 2 is 2.05 bits per heavy atom. The molecule has 0 N–H and O–H groups in total. The fourth-order valence-corrected chi connectivity index (χ4v) is 2.27. The minimum absolute atomic E-state index is 0.517. The van der Waals surface area contributed by atoms with Crippen LogP contribution in [0.5, 0.6) is 5.75 Å². The van der Waals surface area contributed by atoms with Crippen LogP contribution in [0.15, 0.2) is 22.8 Å². The molecule has 0 spiro atoms. The highest BCUT2D eigenvalue weighted by molar-refractivity contribution is 9.10. The summed E-state index contributed by atoms with van der Waals surface area (Å²) < 4.78 is 12.4. The SMILES string of the molecule is COc1cccc2c1c(Br)nn2C(=O)OC(C)(C)C. The van der Waals surface area contributed by atoms with E-state index >= 15 is 0 Å². The molecule has 2 rings (SSSR count). The molecular formula is C13H15BrN2O3. The van der Waals surface area contributed by atoms with Crippen LogP contribution >= 0.6 is 15.9 Å². The summed E-state index contributed by atoms with van der Waals surface area (Å²) in [6.07, 6.45) is -0.517. The molecule has 1 aromatic heterocycles. The molecule has 6 heteroatoms. The van der Waals surface area contributed by atoms with Gasteiger partial charge in [-0.25, -0.2) is 4.79 Å². The molecule has 0 amide bonds. The van der Waals surface area contributed by atoms with E-state index in [4.69, 9.17) is 9.47 Å². The Balaban J connectivity index is 2.54. The first-order valence-electron chi connectivity index (χ1n) is 5.78. The number of nitrogens with zero attached hydrogens (tertiary/aromatic N) is 2. The summed E-state index contributed by atoms with van der Waals surface area (Å²) in [7, 11) is 1.58. The molecule has 102 valence electrons. The Morgan fingerprint density at radius 3 is 2.63 bits per heavy atom. The molecule has 0 atom stereocenters. The normalized spacial score (nSPS) is 11.6. The first-order valence-corrected chi connectivity index (χ1v) is 6.57. The van der Waals surface area contributed by atoms with E-state index in [1.807, 2.05) is 26.8 Å². The van der Waals surface area contributed by atoms with Crippen LogP contribution in [0.3, 0.4) is 0 Å². The highest BCUT2D eigenvalue weighted by Crippen LogP contribution is 2.32. The Hall–Kier alpha value is -1.56. The van der Waals surface area contributed by atoms with E-state index in [0.717, 1.165) is 5.39 Å². The fraction of sp³-hybridized carbons (Fsp3) is 0.385. The molecule has 0 radical (unpaired) electrons. The molecule has 1 aromatic carbocycles. The van der Waals surface area contributed by atoms with Crippen LogP contribution in [0.2, 0.25) is 0 Å². The number of carbonyl (C=O) groups is 1. The molecule has 0 unspecified atom stereocenters. The van der Waals surface area contributed by atoms with Crippen molar-refractivity contribution in [2.45, 2.75) is 26.4 Å². The molecule has 0 aliphatic heterocycles. The van der Waals surface area contributed by atoms with Gasteiger partial charge < -0.3 is 9.47 Å². The molecule has 0 fully saturated rings. The van der Waals surface area contributed by atoms with Crippen molar-refractivity contribution in [1.82, 2.24) is 9.78 Å². The molecule has 0 saturated heterocycles. The van der Waals surface area contributed by atoms with E-state index in [1.165, 1.54) is 4.68 Å². The van der Waals surface area contributed by atoms with Gasteiger partial charge in [0.2, 0.25) is 0 Å². The van der Waals surface area contributed by atoms with Crippen LogP contribution < -0.4 is 4.74 Å². The second kappa shape index (κ2) is 4.85. The summed E-state index contributed by atoms with van der Waals surface area (Å²) in [6, 6.07) is 5.41. The first kappa shape index (κ1) is 13.9. The van der Waals surface area contributed by atoms with E-state index < -0.39 is 11.7 Å². The van der Waals surface area contributed by atoms with Gasteiger partial charge in [-0.2, -0.15) is 9.78 Å². The van der Waals surface area contributed by atoms with Gasteiger partial charge in [0.05, 0.1) is 18.0 Å². The standard InChI is InChI=1S/C13H15BrN2O3/c1-13(2,3)19-12(17)16-8-6-5-7-9(18-4)10(8)11(14)15-16/h5-7H,1-4H3. The van der Waals surface area contributed by atoms with Crippen molar-refractivity contribution in [3.8, 4) is 5.75 Å². The third-order valence-corrected chi connectivity index (χ3v) is 2.97. The molecule has 0 aliphatic rings. The van der Waals surface area contributed by atoms with E-state index in [2.05, 4.69) is 21.0 Å². The van der Waals surface area contributed by atoms with Gasteiger partial charge >= 0.3 is 6.09 Å². The maximum Gasteiger partial charge on any atom is 0.435 e. The molecular weight excluding hydrogens is 312 g/mol. The van der Waals surface area contributed by atoms with Crippen LogP contribution in [0.25, 0.3) is 10.9 Å². The number of halogens is 1. The Bertz CT molecular complexity index is 629. The van der Waals surface area contributed by atoms with Gasteiger partial charge in [-0.05, 0) is 48.8 Å². The number of hydrogen-bond acceptors (Lipinski definition) is 4. The highest BCUT2D eigenvalue weighted by atomic mass is 79.9. The van der Waals surface area contributed by atoms with Crippen molar-refractivity contribution in [2.75, 3.05) is 7.11 Å². The molecule has 2 aromatic rings. The molecule has 0 aliphatic carbocycles. The predicted octanol–water partition coefficient (Wildman–Crippen LogP) is 3.59. The summed E-state index contributed by atoms with van der Waals surface area (Å²) in [5, 5.41) is 4.91. The zero-order valence-corrected chi connectivity index (χ0v) is 12.8. The van der Waals surface area contributed by atoms with Gasteiger partial charge in [-0.1, -0.05) is 6.07 Å². The lowest BCUT2D eigenvalue weighted by Gasteiger charge is -2.19. The maximum atomic E-state index is 12.1. The molecule has 5 nitrogen and oxygen atoms in total. The average Bonchev–Trinajstić information content (AvgIpc) is 2.65. The number of benzene rings is 1. The lowest BCUT2D eigenvalue weighted by atomic mass is 10.2. The summed E-state index contributed by atoms with van der Waals surface area (Å²) in [6.45, 7) is 5.44. The van der Waals surface area contributed by atoms with Gasteiger partial charge in [0.25, 0.3) is 0 Å². The quantitative estimate of drug-likeness (QED) is 0.803. The Labute approximate surface area is 119 Å². The predicted molar refractivity (Wildman–Crippen MR) is 75.6 cm³/mol. The van der Waals surface area contributed by atoms with Crippen LogP contribution in [0, 0.1) is 0 Å². The molecule has 19 heavy (non-hydrogen) atoms. The minimum atomic E-state index is -0.569. The van der Waals surface area contributed by atoms with Gasteiger partial charge in [0.15, 0.2) is 0 Å². The summed E-state index contributed by atoms with van der Waals surface area (Å²) in [5.74, 6) is 0.652.